The fraction of sp³-hybridized carbons (Fsp3) is 0. The second-order valence-corrected chi connectivity index (χ2v) is 4.96. The molecule has 0 unspecified atom stereocenters. The van der Waals surface area contributed by atoms with E-state index < -0.39 is 17.3 Å². The zero-order valence-corrected chi connectivity index (χ0v) is 11.8. The first-order valence-electron chi connectivity index (χ1n) is 5.67. The third-order valence-corrected chi connectivity index (χ3v) is 3.18. The number of Topliss-reactive ketones (excluding diaryl/α,β-unsaturated/α-hetero) is 3. The molecule has 20 heavy (non-hydrogen) atoms. The molecule has 0 radical (unpaired) electrons. The van der Waals surface area contributed by atoms with Crippen LogP contribution in [0, 0.1) is 0 Å². The molecule has 0 fully saturated rings. The van der Waals surface area contributed by atoms with Gasteiger partial charge < -0.3 is 5.11 Å². The highest BCUT2D eigenvalue weighted by Gasteiger charge is 2.25. The minimum absolute atomic E-state index is 0.0202. The van der Waals surface area contributed by atoms with E-state index in [-0.39, 0.29) is 16.9 Å². The smallest absolute Gasteiger partial charge is 0.273 e. The van der Waals surface area contributed by atoms with E-state index in [4.69, 9.17) is 5.11 Å². The van der Waals surface area contributed by atoms with E-state index >= 15 is 0 Å². The fourth-order valence-corrected chi connectivity index (χ4v) is 1.84. The molecule has 2 rings (SSSR count). The predicted molar refractivity (Wildman–Crippen MR) is 75.9 cm³/mol. The quantitative estimate of drug-likeness (QED) is 0.531. The number of aromatic hydroxyl groups is 1. The zero-order chi connectivity index (χ0) is 14.7. The number of hydrogen-bond donors (Lipinski definition) is 1. The molecule has 0 heterocycles. The summed E-state index contributed by atoms with van der Waals surface area (Å²) in [5.41, 5.74) is 0.226. The number of halogens is 1. The molecular formula is C15H9BrO4. The van der Waals surface area contributed by atoms with Crippen molar-refractivity contribution in [2.24, 2.45) is 0 Å². The zero-order valence-electron chi connectivity index (χ0n) is 10.2. The summed E-state index contributed by atoms with van der Waals surface area (Å²) in [6.07, 6.45) is 0. The van der Waals surface area contributed by atoms with Gasteiger partial charge in [0.1, 0.15) is 5.75 Å². The first-order valence-corrected chi connectivity index (χ1v) is 6.46. The van der Waals surface area contributed by atoms with Gasteiger partial charge in [-0.1, -0.05) is 15.9 Å². The maximum atomic E-state index is 11.9. The van der Waals surface area contributed by atoms with Gasteiger partial charge in [-0.05, 0) is 48.5 Å². The van der Waals surface area contributed by atoms with Gasteiger partial charge in [0.05, 0.1) is 0 Å². The molecule has 0 aliphatic heterocycles. The van der Waals surface area contributed by atoms with Gasteiger partial charge in [0.25, 0.3) is 5.78 Å². The molecule has 1 N–H and O–H groups in total. The van der Waals surface area contributed by atoms with Crippen molar-refractivity contribution in [1.82, 2.24) is 0 Å². The van der Waals surface area contributed by atoms with Gasteiger partial charge in [0, 0.05) is 15.6 Å². The maximum Gasteiger partial charge on any atom is 0.273 e. The predicted octanol–water partition coefficient (Wildman–Crippen LogP) is 2.79. The molecule has 2 aromatic rings. The van der Waals surface area contributed by atoms with Gasteiger partial charge >= 0.3 is 0 Å². The molecule has 5 heteroatoms. The van der Waals surface area contributed by atoms with Crippen molar-refractivity contribution in [2.75, 3.05) is 0 Å². The van der Waals surface area contributed by atoms with Crippen LogP contribution in [0.3, 0.4) is 0 Å². The molecule has 0 spiro atoms. The summed E-state index contributed by atoms with van der Waals surface area (Å²) in [5.74, 6) is -2.86. The normalized spacial score (nSPS) is 10.1. The Morgan fingerprint density at radius 2 is 1.15 bits per heavy atom. The van der Waals surface area contributed by atoms with E-state index in [1.165, 1.54) is 36.4 Å². The van der Waals surface area contributed by atoms with Gasteiger partial charge in [-0.15, -0.1) is 0 Å². The maximum absolute atomic E-state index is 11.9. The van der Waals surface area contributed by atoms with Crippen LogP contribution in [0.2, 0.25) is 0 Å². The number of carbonyl (C=O) groups is 3. The third-order valence-electron chi connectivity index (χ3n) is 2.65. The van der Waals surface area contributed by atoms with Gasteiger partial charge in [0.2, 0.25) is 11.6 Å². The molecular weight excluding hydrogens is 324 g/mol. The van der Waals surface area contributed by atoms with E-state index in [9.17, 15) is 14.4 Å². The van der Waals surface area contributed by atoms with Crippen molar-refractivity contribution in [3.8, 4) is 5.75 Å². The van der Waals surface area contributed by atoms with Crippen LogP contribution in [0.15, 0.2) is 53.0 Å². The molecule has 0 aliphatic carbocycles. The lowest BCUT2D eigenvalue weighted by atomic mass is 10.0. The Balaban J connectivity index is 2.22. The summed E-state index contributed by atoms with van der Waals surface area (Å²) in [6, 6.07) is 11.3. The minimum atomic E-state index is -1.10. The first kappa shape index (κ1) is 14.1. The highest BCUT2D eigenvalue weighted by atomic mass is 79.9. The van der Waals surface area contributed by atoms with Crippen molar-refractivity contribution in [3.63, 3.8) is 0 Å². The molecule has 0 saturated heterocycles. The number of rotatable bonds is 4. The highest BCUT2D eigenvalue weighted by molar-refractivity contribution is 9.10. The molecule has 0 bridgehead atoms. The Morgan fingerprint density at radius 1 is 0.750 bits per heavy atom. The van der Waals surface area contributed by atoms with Crippen LogP contribution in [0.1, 0.15) is 20.7 Å². The summed E-state index contributed by atoms with van der Waals surface area (Å²) in [6.45, 7) is 0. The standard InChI is InChI=1S/C15H9BrO4/c16-11-5-1-9(2-6-11)13(18)15(20)14(19)10-3-7-12(17)8-4-10/h1-8,17H. The van der Waals surface area contributed by atoms with E-state index in [2.05, 4.69) is 15.9 Å². The van der Waals surface area contributed by atoms with Gasteiger partial charge in [0.15, 0.2) is 0 Å². The average Bonchev–Trinajstić information content (AvgIpc) is 2.46. The van der Waals surface area contributed by atoms with Crippen molar-refractivity contribution in [2.45, 2.75) is 0 Å². The Kier molecular flexibility index (Phi) is 4.10. The van der Waals surface area contributed by atoms with E-state index in [1.807, 2.05) is 0 Å². The van der Waals surface area contributed by atoms with Crippen LogP contribution in [0.4, 0.5) is 0 Å². The van der Waals surface area contributed by atoms with Crippen LogP contribution in [0.5, 0.6) is 5.75 Å². The van der Waals surface area contributed by atoms with Crippen molar-refractivity contribution in [3.05, 3.63) is 64.1 Å². The van der Waals surface area contributed by atoms with Crippen LogP contribution >= 0.6 is 15.9 Å². The molecule has 0 aromatic heterocycles. The number of ketones is 3. The summed E-state index contributed by atoms with van der Waals surface area (Å²) >= 11 is 3.22. The van der Waals surface area contributed by atoms with Crippen LogP contribution in [-0.4, -0.2) is 22.5 Å². The van der Waals surface area contributed by atoms with Gasteiger partial charge in [-0.3, -0.25) is 14.4 Å². The second-order valence-electron chi connectivity index (χ2n) is 4.04. The van der Waals surface area contributed by atoms with Crippen LogP contribution in [0.25, 0.3) is 0 Å². The van der Waals surface area contributed by atoms with Crippen molar-refractivity contribution in [1.29, 1.82) is 0 Å². The Morgan fingerprint density at radius 3 is 1.60 bits per heavy atom. The topological polar surface area (TPSA) is 71.4 Å². The number of carbonyl (C=O) groups excluding carboxylic acids is 3. The molecule has 0 saturated carbocycles. The van der Waals surface area contributed by atoms with Gasteiger partial charge in [-0.25, -0.2) is 0 Å². The summed E-state index contributed by atoms with van der Waals surface area (Å²) < 4.78 is 0.770. The third kappa shape index (κ3) is 3.00. The van der Waals surface area contributed by atoms with E-state index in [0.29, 0.717) is 0 Å². The highest BCUT2D eigenvalue weighted by Crippen LogP contribution is 2.14. The van der Waals surface area contributed by atoms with Crippen molar-refractivity contribution < 1.29 is 19.5 Å². The Bertz CT molecular complexity index is 613. The van der Waals surface area contributed by atoms with Gasteiger partial charge in [-0.2, -0.15) is 0 Å². The molecule has 100 valence electrons. The monoisotopic (exact) mass is 332 g/mol. The molecule has 0 aliphatic rings. The summed E-state index contributed by atoms with van der Waals surface area (Å²) in [4.78, 5) is 35.6. The molecule has 0 atom stereocenters. The van der Waals surface area contributed by atoms with E-state index in [0.717, 1.165) is 4.47 Å². The molecule has 4 nitrogen and oxygen atoms in total. The fourth-order valence-electron chi connectivity index (χ4n) is 1.58. The second kappa shape index (κ2) is 5.79. The lowest BCUT2D eigenvalue weighted by molar-refractivity contribution is -0.111. The van der Waals surface area contributed by atoms with Crippen LogP contribution < -0.4 is 0 Å². The average molecular weight is 333 g/mol. The number of phenols is 1. The summed E-state index contributed by atoms with van der Waals surface area (Å²) in [7, 11) is 0. The lowest BCUT2D eigenvalue weighted by Crippen LogP contribution is -2.24. The van der Waals surface area contributed by atoms with Crippen LogP contribution in [-0.2, 0) is 4.79 Å². The number of hydrogen-bond acceptors (Lipinski definition) is 4. The lowest BCUT2D eigenvalue weighted by Gasteiger charge is -2.01. The largest absolute Gasteiger partial charge is 0.508 e. The summed E-state index contributed by atoms with van der Waals surface area (Å²) in [5, 5.41) is 9.12. The van der Waals surface area contributed by atoms with Crippen molar-refractivity contribution >= 4 is 33.3 Å². The first-order chi connectivity index (χ1) is 9.49. The SMILES string of the molecule is O=C(C(=O)c1ccc(O)cc1)C(=O)c1ccc(Br)cc1. The molecule has 0 amide bonds. The minimum Gasteiger partial charge on any atom is -0.508 e. The number of phenolic OH excluding ortho intramolecular Hbond substituents is 1. The Labute approximate surface area is 123 Å². The number of benzene rings is 2. The molecule has 2 aromatic carbocycles. The van der Waals surface area contributed by atoms with E-state index in [1.54, 1.807) is 12.1 Å². The Hall–Kier alpha value is -2.27.